The number of amides is 1. The minimum atomic E-state index is -0.129. The van der Waals surface area contributed by atoms with E-state index in [0.29, 0.717) is 16.5 Å². The molecule has 30 heavy (non-hydrogen) atoms. The van der Waals surface area contributed by atoms with Crippen LogP contribution in [0.25, 0.3) is 10.9 Å². The van der Waals surface area contributed by atoms with Gasteiger partial charge in [0.25, 0.3) is 0 Å². The maximum absolute atomic E-state index is 12.5. The lowest BCUT2D eigenvalue weighted by molar-refractivity contribution is -0.115. The Labute approximate surface area is 178 Å². The number of nitrogens with one attached hydrogen (secondary N) is 2. The van der Waals surface area contributed by atoms with Crippen LogP contribution in [0.15, 0.2) is 73.1 Å². The molecule has 0 radical (unpaired) electrons. The van der Waals surface area contributed by atoms with Crippen molar-refractivity contribution in [2.24, 2.45) is 0 Å². The van der Waals surface area contributed by atoms with E-state index in [9.17, 15) is 4.79 Å². The van der Waals surface area contributed by atoms with Gasteiger partial charge < -0.3 is 15.4 Å². The van der Waals surface area contributed by atoms with E-state index in [1.165, 1.54) is 6.33 Å². The molecule has 1 heterocycles. The summed E-state index contributed by atoms with van der Waals surface area (Å²) in [5, 5.41) is 7.62. The predicted molar refractivity (Wildman–Crippen MR) is 120 cm³/mol. The number of rotatable bonds is 6. The molecule has 0 aliphatic carbocycles. The first-order valence-electron chi connectivity index (χ1n) is 9.31. The third kappa shape index (κ3) is 4.67. The highest BCUT2D eigenvalue weighted by Crippen LogP contribution is 2.27. The average Bonchev–Trinajstić information content (AvgIpc) is 2.74. The van der Waals surface area contributed by atoms with Gasteiger partial charge in [-0.2, -0.15) is 0 Å². The summed E-state index contributed by atoms with van der Waals surface area (Å²) in [6, 6.07) is 20.4. The fourth-order valence-corrected chi connectivity index (χ4v) is 3.32. The van der Waals surface area contributed by atoms with Crippen molar-refractivity contribution in [2.75, 3.05) is 17.7 Å². The Morgan fingerprint density at radius 1 is 1.00 bits per heavy atom. The van der Waals surface area contributed by atoms with Crippen LogP contribution >= 0.6 is 11.6 Å². The minimum Gasteiger partial charge on any atom is -0.497 e. The van der Waals surface area contributed by atoms with Crippen molar-refractivity contribution in [3.63, 3.8) is 0 Å². The molecule has 3 aromatic carbocycles. The van der Waals surface area contributed by atoms with Gasteiger partial charge >= 0.3 is 0 Å². The van der Waals surface area contributed by atoms with Crippen molar-refractivity contribution in [3.8, 4) is 5.75 Å². The van der Waals surface area contributed by atoms with Crippen LogP contribution in [0.5, 0.6) is 5.75 Å². The molecule has 7 heteroatoms. The molecular weight excluding hydrogens is 400 g/mol. The Hall–Kier alpha value is -3.64. The van der Waals surface area contributed by atoms with Gasteiger partial charge in [0.1, 0.15) is 17.9 Å². The maximum Gasteiger partial charge on any atom is 0.228 e. The van der Waals surface area contributed by atoms with Gasteiger partial charge in [0.05, 0.1) is 19.0 Å². The largest absolute Gasteiger partial charge is 0.497 e. The number of anilines is 3. The topological polar surface area (TPSA) is 76.1 Å². The van der Waals surface area contributed by atoms with Crippen LogP contribution in [0.4, 0.5) is 17.2 Å². The predicted octanol–water partition coefficient (Wildman–Crippen LogP) is 5.22. The molecule has 4 aromatic rings. The Balaban J connectivity index is 1.56. The fourth-order valence-electron chi connectivity index (χ4n) is 3.11. The van der Waals surface area contributed by atoms with E-state index >= 15 is 0 Å². The van der Waals surface area contributed by atoms with Crippen LogP contribution in [-0.4, -0.2) is 23.0 Å². The third-order valence-electron chi connectivity index (χ3n) is 4.51. The molecule has 0 fully saturated rings. The van der Waals surface area contributed by atoms with Gasteiger partial charge in [0, 0.05) is 27.8 Å². The number of benzene rings is 3. The lowest BCUT2D eigenvalue weighted by Gasteiger charge is -2.11. The monoisotopic (exact) mass is 418 g/mol. The van der Waals surface area contributed by atoms with Crippen molar-refractivity contribution in [1.82, 2.24) is 9.97 Å². The standard InChI is InChI=1S/C23H19ClN4O2/c1-30-19-7-3-6-17(12-19)28-23-20-13-18(8-9-21(20)25-14-26-23)27-22(29)11-15-4-2-5-16(24)10-15/h2-10,12-14H,11H2,1H3,(H,27,29)(H,25,26,28). The highest BCUT2D eigenvalue weighted by molar-refractivity contribution is 6.30. The van der Waals surface area contributed by atoms with E-state index in [4.69, 9.17) is 16.3 Å². The van der Waals surface area contributed by atoms with Crippen LogP contribution in [0, 0.1) is 0 Å². The lowest BCUT2D eigenvalue weighted by atomic mass is 10.1. The van der Waals surface area contributed by atoms with Crippen LogP contribution in [0.1, 0.15) is 5.56 Å². The van der Waals surface area contributed by atoms with E-state index in [-0.39, 0.29) is 12.3 Å². The molecular formula is C23H19ClN4O2. The molecule has 0 aliphatic rings. The summed E-state index contributed by atoms with van der Waals surface area (Å²) in [6.07, 6.45) is 1.74. The lowest BCUT2D eigenvalue weighted by Crippen LogP contribution is -2.14. The number of hydrogen-bond acceptors (Lipinski definition) is 5. The molecule has 0 saturated carbocycles. The number of halogens is 1. The second kappa shape index (κ2) is 8.80. The minimum absolute atomic E-state index is 0.129. The molecule has 1 amide bonds. The summed E-state index contributed by atoms with van der Waals surface area (Å²) >= 11 is 6.00. The maximum atomic E-state index is 12.5. The summed E-state index contributed by atoms with van der Waals surface area (Å²) in [5.74, 6) is 1.25. The molecule has 0 aliphatic heterocycles. The smallest absolute Gasteiger partial charge is 0.228 e. The first-order chi connectivity index (χ1) is 14.6. The van der Waals surface area contributed by atoms with Gasteiger partial charge in [0.2, 0.25) is 5.91 Å². The van der Waals surface area contributed by atoms with Crippen molar-refractivity contribution in [1.29, 1.82) is 0 Å². The van der Waals surface area contributed by atoms with Crippen molar-refractivity contribution < 1.29 is 9.53 Å². The number of fused-ring (bicyclic) bond motifs is 1. The molecule has 0 saturated heterocycles. The van der Waals surface area contributed by atoms with E-state index in [1.54, 1.807) is 19.2 Å². The van der Waals surface area contributed by atoms with Gasteiger partial charge in [-0.1, -0.05) is 29.8 Å². The Bertz CT molecular complexity index is 1210. The normalized spacial score (nSPS) is 10.6. The fraction of sp³-hybridized carbons (Fsp3) is 0.0870. The second-order valence-electron chi connectivity index (χ2n) is 6.67. The zero-order valence-electron chi connectivity index (χ0n) is 16.2. The number of ether oxygens (including phenoxy) is 1. The molecule has 1 aromatic heterocycles. The number of carbonyl (C=O) groups is 1. The Morgan fingerprint density at radius 2 is 1.87 bits per heavy atom. The van der Waals surface area contributed by atoms with Gasteiger partial charge in [-0.3, -0.25) is 4.79 Å². The van der Waals surface area contributed by atoms with Crippen molar-refractivity contribution in [3.05, 3.63) is 83.6 Å². The molecule has 150 valence electrons. The average molecular weight is 419 g/mol. The Morgan fingerprint density at radius 3 is 2.70 bits per heavy atom. The zero-order chi connectivity index (χ0) is 20.9. The van der Waals surface area contributed by atoms with Gasteiger partial charge in [0.15, 0.2) is 0 Å². The van der Waals surface area contributed by atoms with Gasteiger partial charge in [-0.15, -0.1) is 0 Å². The molecule has 6 nitrogen and oxygen atoms in total. The molecule has 0 bridgehead atoms. The van der Waals surface area contributed by atoms with Crippen LogP contribution in [0.3, 0.4) is 0 Å². The number of carbonyl (C=O) groups excluding carboxylic acids is 1. The van der Waals surface area contributed by atoms with E-state index < -0.39 is 0 Å². The molecule has 2 N–H and O–H groups in total. The van der Waals surface area contributed by atoms with E-state index in [1.807, 2.05) is 54.6 Å². The first kappa shape index (κ1) is 19.7. The molecule has 4 rings (SSSR count). The summed E-state index contributed by atoms with van der Waals surface area (Å²) in [5.41, 5.74) is 3.12. The van der Waals surface area contributed by atoms with Crippen LogP contribution < -0.4 is 15.4 Å². The summed E-state index contributed by atoms with van der Waals surface area (Å²) in [6.45, 7) is 0. The summed E-state index contributed by atoms with van der Waals surface area (Å²) in [4.78, 5) is 21.1. The van der Waals surface area contributed by atoms with Gasteiger partial charge in [-0.05, 0) is 48.0 Å². The van der Waals surface area contributed by atoms with E-state index in [2.05, 4.69) is 20.6 Å². The van der Waals surface area contributed by atoms with Crippen molar-refractivity contribution >= 4 is 45.6 Å². The Kier molecular flexibility index (Phi) is 5.77. The van der Waals surface area contributed by atoms with Crippen LogP contribution in [-0.2, 0) is 11.2 Å². The summed E-state index contributed by atoms with van der Waals surface area (Å²) in [7, 11) is 1.62. The van der Waals surface area contributed by atoms with Crippen LogP contribution in [0.2, 0.25) is 5.02 Å². The summed E-state index contributed by atoms with van der Waals surface area (Å²) < 4.78 is 5.27. The zero-order valence-corrected chi connectivity index (χ0v) is 17.0. The number of aromatic nitrogens is 2. The highest BCUT2D eigenvalue weighted by Gasteiger charge is 2.09. The third-order valence-corrected chi connectivity index (χ3v) is 4.74. The number of hydrogen-bond donors (Lipinski definition) is 2. The molecule has 0 spiro atoms. The first-order valence-corrected chi connectivity index (χ1v) is 9.68. The number of methoxy groups -OCH3 is 1. The number of nitrogens with zero attached hydrogens (tertiary/aromatic N) is 2. The SMILES string of the molecule is COc1cccc(Nc2ncnc3ccc(NC(=O)Cc4cccc(Cl)c4)cc23)c1. The highest BCUT2D eigenvalue weighted by atomic mass is 35.5. The van der Waals surface area contributed by atoms with Crippen molar-refractivity contribution in [2.45, 2.75) is 6.42 Å². The quantitative estimate of drug-likeness (QED) is 0.449. The van der Waals surface area contributed by atoms with E-state index in [0.717, 1.165) is 27.9 Å². The molecule has 0 atom stereocenters. The second-order valence-corrected chi connectivity index (χ2v) is 7.10. The van der Waals surface area contributed by atoms with Gasteiger partial charge in [-0.25, -0.2) is 9.97 Å². The molecule has 0 unspecified atom stereocenters.